The van der Waals surface area contributed by atoms with Crippen LogP contribution in [-0.2, 0) is 65.4 Å². The molecular weight excluding hydrogens is 1040 g/mol. The lowest BCUT2D eigenvalue weighted by atomic mass is 10.00. The van der Waals surface area contributed by atoms with Crippen molar-refractivity contribution in [1.82, 2.24) is 0 Å². The first kappa shape index (κ1) is 76.1. The van der Waals surface area contributed by atoms with Crippen molar-refractivity contribution < 1.29 is 80.2 Å². The number of aliphatic hydroxyl groups excluding tert-OH is 1. The number of carbonyl (C=O) groups is 4. The van der Waals surface area contributed by atoms with Gasteiger partial charge in [-0.1, -0.05) is 228 Å². The van der Waals surface area contributed by atoms with E-state index in [9.17, 15) is 43.2 Å². The van der Waals surface area contributed by atoms with Crippen LogP contribution >= 0.6 is 15.6 Å². The minimum absolute atomic E-state index is 0.102. The first-order valence-electron chi connectivity index (χ1n) is 30.9. The molecule has 3 N–H and O–H groups in total. The summed E-state index contributed by atoms with van der Waals surface area (Å²) in [7, 11) is -9.88. The quantitative estimate of drug-likeness (QED) is 0.0222. The second-order valence-corrected chi connectivity index (χ2v) is 25.2. The van der Waals surface area contributed by atoms with Crippen LogP contribution in [-0.4, -0.2) is 96.7 Å². The third-order valence-electron chi connectivity index (χ3n) is 14.1. The van der Waals surface area contributed by atoms with Crippen LogP contribution in [0.15, 0.2) is 0 Å². The molecule has 0 aromatic carbocycles. The third kappa shape index (κ3) is 51.0. The zero-order valence-electron chi connectivity index (χ0n) is 50.1. The summed E-state index contributed by atoms with van der Waals surface area (Å²) in [5.41, 5.74) is 0. The van der Waals surface area contributed by atoms with E-state index in [1.807, 2.05) is 0 Å². The number of hydrogen-bond acceptors (Lipinski definition) is 15. The van der Waals surface area contributed by atoms with Gasteiger partial charge < -0.3 is 33.8 Å². The maximum absolute atomic E-state index is 12.9. The molecule has 0 aromatic heterocycles. The maximum Gasteiger partial charge on any atom is 0.472 e. The van der Waals surface area contributed by atoms with Gasteiger partial charge in [0, 0.05) is 25.7 Å². The van der Waals surface area contributed by atoms with Crippen molar-refractivity contribution in [3.8, 4) is 0 Å². The first-order valence-corrected chi connectivity index (χ1v) is 33.9. The molecule has 0 saturated heterocycles. The van der Waals surface area contributed by atoms with Gasteiger partial charge in [0.1, 0.15) is 19.3 Å². The van der Waals surface area contributed by atoms with Crippen LogP contribution in [0.4, 0.5) is 0 Å². The Morgan fingerprint density at radius 1 is 0.372 bits per heavy atom. The van der Waals surface area contributed by atoms with Gasteiger partial charge in [-0.05, 0) is 43.4 Å². The van der Waals surface area contributed by atoms with Crippen molar-refractivity contribution in [2.45, 2.75) is 298 Å². The highest BCUT2D eigenvalue weighted by molar-refractivity contribution is 7.47. The van der Waals surface area contributed by atoms with Crippen LogP contribution in [0.1, 0.15) is 280 Å². The third-order valence-corrected chi connectivity index (χ3v) is 16.0. The standard InChI is InChI=1S/C59H114O17P2/c1-8-11-12-13-14-17-26-33-40-56(61)69-46-55(76-59(64)43-36-29-22-20-25-32-39-52(7)10-3)49-74-78(67,68)72-45-53(60)44-71-77(65,66)73-48-54(75-58(63)42-35-28-18-15-16-23-30-37-50(4)5)47-70-57(62)41-34-27-21-19-24-31-38-51(6)9-2/h50-55,60H,8-49H2,1-7H3,(H,65,66)(H,67,68)/t51?,52?,53-,54-,55-/m1/s1. The van der Waals surface area contributed by atoms with Gasteiger partial charge in [0.05, 0.1) is 26.4 Å². The number of hydrogen-bond donors (Lipinski definition) is 3. The van der Waals surface area contributed by atoms with Crippen LogP contribution < -0.4 is 0 Å². The van der Waals surface area contributed by atoms with Gasteiger partial charge in [-0.15, -0.1) is 0 Å². The lowest BCUT2D eigenvalue weighted by molar-refractivity contribution is -0.161. The predicted octanol–water partition coefficient (Wildman–Crippen LogP) is 15.6. The molecule has 462 valence electrons. The van der Waals surface area contributed by atoms with Gasteiger partial charge in [-0.3, -0.25) is 37.3 Å². The number of unbranched alkanes of at least 4 members (excludes halogenated alkanes) is 23. The van der Waals surface area contributed by atoms with Crippen LogP contribution in [0.5, 0.6) is 0 Å². The van der Waals surface area contributed by atoms with Crippen molar-refractivity contribution in [3.05, 3.63) is 0 Å². The van der Waals surface area contributed by atoms with E-state index in [4.69, 9.17) is 37.0 Å². The van der Waals surface area contributed by atoms with E-state index < -0.39 is 97.5 Å². The van der Waals surface area contributed by atoms with E-state index in [2.05, 4.69) is 48.5 Å². The Bertz CT molecular complexity index is 1570. The highest BCUT2D eigenvalue weighted by Gasteiger charge is 2.30. The molecule has 0 aliphatic rings. The molecule has 0 radical (unpaired) electrons. The van der Waals surface area contributed by atoms with Gasteiger partial charge >= 0.3 is 39.5 Å². The average Bonchev–Trinajstić information content (AvgIpc) is 3.40. The zero-order valence-corrected chi connectivity index (χ0v) is 51.9. The number of carbonyl (C=O) groups excluding carboxylic acids is 4. The fourth-order valence-corrected chi connectivity index (χ4v) is 10.1. The molecule has 0 aliphatic heterocycles. The molecule has 0 amide bonds. The van der Waals surface area contributed by atoms with E-state index >= 15 is 0 Å². The summed E-state index contributed by atoms with van der Waals surface area (Å²) in [4.78, 5) is 71.9. The summed E-state index contributed by atoms with van der Waals surface area (Å²) in [5, 5.41) is 10.5. The number of phosphoric acid groups is 2. The molecular formula is C59H114O17P2. The molecule has 0 heterocycles. The van der Waals surface area contributed by atoms with Gasteiger partial charge in [-0.2, -0.15) is 0 Å². The number of esters is 4. The highest BCUT2D eigenvalue weighted by Crippen LogP contribution is 2.45. The number of rotatable bonds is 57. The second kappa shape index (κ2) is 50.8. The molecule has 19 heteroatoms. The molecule has 78 heavy (non-hydrogen) atoms. The summed E-state index contributed by atoms with van der Waals surface area (Å²) < 4.78 is 67.7. The first-order chi connectivity index (χ1) is 37.3. The Morgan fingerprint density at radius 2 is 0.654 bits per heavy atom. The largest absolute Gasteiger partial charge is 0.472 e. The summed E-state index contributed by atoms with van der Waals surface area (Å²) in [6.45, 7) is 11.6. The molecule has 0 spiro atoms. The Morgan fingerprint density at radius 3 is 0.974 bits per heavy atom. The summed E-state index contributed by atoms with van der Waals surface area (Å²) in [5.74, 6) is -0.00361. The van der Waals surface area contributed by atoms with Crippen molar-refractivity contribution >= 4 is 39.5 Å². The van der Waals surface area contributed by atoms with Crippen LogP contribution in [0, 0.1) is 17.8 Å². The van der Waals surface area contributed by atoms with Crippen LogP contribution in [0.2, 0.25) is 0 Å². The normalized spacial score (nSPS) is 15.2. The SMILES string of the molecule is CCCCCCCCCCC(=O)OC[C@H](COP(=O)(O)OC[C@H](O)COP(=O)(O)OC[C@@H](COC(=O)CCCCCCCCC(C)CC)OC(=O)CCCCCCCCCC(C)C)OC(=O)CCCCCCCCC(C)CC. The smallest absolute Gasteiger partial charge is 0.462 e. The Balaban J connectivity index is 5.25. The maximum atomic E-state index is 12.9. The molecule has 0 saturated carbocycles. The van der Waals surface area contributed by atoms with E-state index in [-0.39, 0.29) is 25.7 Å². The van der Waals surface area contributed by atoms with Crippen molar-refractivity contribution in [2.75, 3.05) is 39.6 Å². The van der Waals surface area contributed by atoms with E-state index in [1.165, 1.54) is 77.0 Å². The molecule has 0 rings (SSSR count). The molecule has 0 aliphatic carbocycles. The van der Waals surface area contributed by atoms with Gasteiger partial charge in [0.15, 0.2) is 12.2 Å². The summed E-state index contributed by atoms with van der Waals surface area (Å²) >= 11 is 0. The Labute approximate surface area is 473 Å². The molecule has 0 fully saturated rings. The number of ether oxygens (including phenoxy) is 4. The lowest BCUT2D eigenvalue weighted by Crippen LogP contribution is -2.30. The van der Waals surface area contributed by atoms with Crippen molar-refractivity contribution in [1.29, 1.82) is 0 Å². The Hall–Kier alpha value is -1.94. The van der Waals surface area contributed by atoms with Gasteiger partial charge in [-0.25, -0.2) is 9.13 Å². The summed E-state index contributed by atoms with van der Waals surface area (Å²) in [6.07, 6.45) is 29.6. The minimum Gasteiger partial charge on any atom is -0.462 e. The minimum atomic E-state index is -4.94. The van der Waals surface area contributed by atoms with E-state index in [0.717, 1.165) is 115 Å². The zero-order chi connectivity index (χ0) is 58.1. The fraction of sp³-hybridized carbons (Fsp3) is 0.932. The van der Waals surface area contributed by atoms with Crippen LogP contribution in [0.25, 0.3) is 0 Å². The Kier molecular flexibility index (Phi) is 49.5. The van der Waals surface area contributed by atoms with Crippen molar-refractivity contribution in [3.63, 3.8) is 0 Å². The average molecular weight is 1160 g/mol. The molecule has 0 bridgehead atoms. The van der Waals surface area contributed by atoms with Gasteiger partial charge in [0.25, 0.3) is 0 Å². The molecule has 7 atom stereocenters. The molecule has 17 nitrogen and oxygen atoms in total. The highest BCUT2D eigenvalue weighted by atomic mass is 31.2. The molecule has 4 unspecified atom stereocenters. The van der Waals surface area contributed by atoms with E-state index in [0.29, 0.717) is 31.6 Å². The number of phosphoric ester groups is 2. The van der Waals surface area contributed by atoms with Crippen molar-refractivity contribution in [2.24, 2.45) is 17.8 Å². The fourth-order valence-electron chi connectivity index (χ4n) is 8.53. The monoisotopic (exact) mass is 1160 g/mol. The topological polar surface area (TPSA) is 237 Å². The molecule has 0 aromatic rings. The second-order valence-electron chi connectivity index (χ2n) is 22.3. The predicted molar refractivity (Wildman–Crippen MR) is 308 cm³/mol. The van der Waals surface area contributed by atoms with Crippen LogP contribution in [0.3, 0.4) is 0 Å². The van der Waals surface area contributed by atoms with E-state index in [1.54, 1.807) is 0 Å². The summed E-state index contributed by atoms with van der Waals surface area (Å²) in [6, 6.07) is 0. The lowest BCUT2D eigenvalue weighted by Gasteiger charge is -2.21. The van der Waals surface area contributed by atoms with Gasteiger partial charge in [0.2, 0.25) is 0 Å². The number of aliphatic hydroxyl groups is 1.